The summed E-state index contributed by atoms with van der Waals surface area (Å²) in [6.07, 6.45) is 4.90. The quantitative estimate of drug-likeness (QED) is 0.765. The number of hydrogen-bond donors (Lipinski definition) is 1. The highest BCUT2D eigenvalue weighted by Gasteiger charge is 2.29. The van der Waals surface area contributed by atoms with Crippen LogP contribution in [0.15, 0.2) is 24.5 Å². The van der Waals surface area contributed by atoms with Gasteiger partial charge in [-0.05, 0) is 37.9 Å². The molecule has 0 aliphatic carbocycles. The molecule has 2 unspecified atom stereocenters. The molecule has 2 rings (SSSR count). The van der Waals surface area contributed by atoms with Crippen molar-refractivity contribution in [2.24, 2.45) is 11.7 Å². The molecular formula is C11H17N3. The van der Waals surface area contributed by atoms with Crippen LogP contribution in [0.4, 0.5) is 5.69 Å². The molecule has 0 radical (unpaired) electrons. The third-order valence-electron chi connectivity index (χ3n) is 3.21. The smallest absolute Gasteiger partial charge is 0.0399 e. The van der Waals surface area contributed by atoms with Crippen LogP contribution < -0.4 is 10.6 Å². The average molecular weight is 191 g/mol. The Balaban J connectivity index is 2.14. The number of hydrogen-bond acceptors (Lipinski definition) is 3. The first-order valence-corrected chi connectivity index (χ1v) is 5.19. The minimum atomic E-state index is 0.558. The van der Waals surface area contributed by atoms with E-state index in [0.29, 0.717) is 12.0 Å². The Hall–Kier alpha value is -1.09. The number of rotatable bonds is 2. The summed E-state index contributed by atoms with van der Waals surface area (Å²) >= 11 is 0. The second-order valence-electron chi connectivity index (χ2n) is 3.92. The van der Waals surface area contributed by atoms with E-state index in [-0.39, 0.29) is 0 Å². The van der Waals surface area contributed by atoms with Gasteiger partial charge in [0.05, 0.1) is 0 Å². The summed E-state index contributed by atoms with van der Waals surface area (Å²) in [7, 11) is 0. The number of aromatic nitrogens is 1. The Morgan fingerprint density at radius 3 is 2.79 bits per heavy atom. The van der Waals surface area contributed by atoms with Gasteiger partial charge in [-0.25, -0.2) is 0 Å². The first-order valence-electron chi connectivity index (χ1n) is 5.19. The molecule has 0 aromatic carbocycles. The van der Waals surface area contributed by atoms with Gasteiger partial charge in [-0.1, -0.05) is 0 Å². The Kier molecular flexibility index (Phi) is 2.68. The molecule has 76 valence electrons. The topological polar surface area (TPSA) is 42.1 Å². The van der Waals surface area contributed by atoms with Gasteiger partial charge in [0.1, 0.15) is 0 Å². The van der Waals surface area contributed by atoms with E-state index >= 15 is 0 Å². The molecule has 1 aromatic heterocycles. The van der Waals surface area contributed by atoms with E-state index in [4.69, 9.17) is 5.73 Å². The van der Waals surface area contributed by atoms with Crippen LogP contribution in [0.5, 0.6) is 0 Å². The van der Waals surface area contributed by atoms with Crippen LogP contribution in [0.3, 0.4) is 0 Å². The molecule has 3 heteroatoms. The molecule has 0 saturated carbocycles. The number of nitrogens with two attached hydrogens (primary N) is 1. The largest absolute Gasteiger partial charge is 0.368 e. The van der Waals surface area contributed by atoms with Gasteiger partial charge in [-0.3, -0.25) is 4.98 Å². The highest BCUT2D eigenvalue weighted by molar-refractivity contribution is 5.46. The van der Waals surface area contributed by atoms with Gasteiger partial charge in [0.2, 0.25) is 0 Å². The summed E-state index contributed by atoms with van der Waals surface area (Å²) in [5.41, 5.74) is 6.99. The lowest BCUT2D eigenvalue weighted by Crippen LogP contribution is -2.32. The van der Waals surface area contributed by atoms with E-state index in [1.807, 2.05) is 12.4 Å². The maximum absolute atomic E-state index is 5.73. The minimum absolute atomic E-state index is 0.558. The first-order chi connectivity index (χ1) is 6.83. The van der Waals surface area contributed by atoms with Gasteiger partial charge >= 0.3 is 0 Å². The zero-order valence-electron chi connectivity index (χ0n) is 8.56. The summed E-state index contributed by atoms with van der Waals surface area (Å²) in [6, 6.07) is 4.69. The van der Waals surface area contributed by atoms with Crippen molar-refractivity contribution in [3.8, 4) is 0 Å². The molecule has 1 saturated heterocycles. The maximum Gasteiger partial charge on any atom is 0.0399 e. The molecule has 2 N–H and O–H groups in total. The van der Waals surface area contributed by atoms with E-state index in [2.05, 4.69) is 28.9 Å². The molecule has 0 bridgehead atoms. The van der Waals surface area contributed by atoms with Crippen molar-refractivity contribution in [3.63, 3.8) is 0 Å². The van der Waals surface area contributed by atoms with Gasteiger partial charge in [0.25, 0.3) is 0 Å². The molecule has 1 aromatic rings. The summed E-state index contributed by atoms with van der Waals surface area (Å²) in [6.45, 7) is 4.17. The molecule has 0 amide bonds. The van der Waals surface area contributed by atoms with Gasteiger partial charge < -0.3 is 10.6 Å². The predicted molar refractivity (Wildman–Crippen MR) is 58.2 cm³/mol. The van der Waals surface area contributed by atoms with Gasteiger partial charge in [-0.2, -0.15) is 0 Å². The van der Waals surface area contributed by atoms with E-state index < -0.39 is 0 Å². The lowest BCUT2D eigenvalue weighted by molar-refractivity contribution is 0.508. The fraction of sp³-hybridized carbons (Fsp3) is 0.545. The normalized spacial score (nSPS) is 26.9. The number of pyridine rings is 1. The molecule has 14 heavy (non-hydrogen) atoms. The van der Waals surface area contributed by atoms with Gasteiger partial charge in [-0.15, -0.1) is 0 Å². The van der Waals surface area contributed by atoms with Gasteiger partial charge in [0.15, 0.2) is 0 Å². The third-order valence-corrected chi connectivity index (χ3v) is 3.21. The van der Waals surface area contributed by atoms with Crippen molar-refractivity contribution < 1.29 is 0 Å². The molecular weight excluding hydrogens is 174 g/mol. The minimum Gasteiger partial charge on any atom is -0.368 e. The second kappa shape index (κ2) is 3.96. The fourth-order valence-corrected chi connectivity index (χ4v) is 2.22. The van der Waals surface area contributed by atoms with E-state index in [1.54, 1.807) is 0 Å². The van der Waals surface area contributed by atoms with Crippen molar-refractivity contribution in [2.75, 3.05) is 18.0 Å². The molecule has 1 fully saturated rings. The Morgan fingerprint density at radius 1 is 1.50 bits per heavy atom. The molecule has 1 aliphatic heterocycles. The van der Waals surface area contributed by atoms with Crippen LogP contribution >= 0.6 is 0 Å². The number of anilines is 1. The highest BCUT2D eigenvalue weighted by Crippen LogP contribution is 2.28. The molecule has 1 aliphatic rings. The zero-order valence-corrected chi connectivity index (χ0v) is 8.56. The fourth-order valence-electron chi connectivity index (χ4n) is 2.22. The summed E-state index contributed by atoms with van der Waals surface area (Å²) in [5.74, 6) is 0.642. The van der Waals surface area contributed by atoms with E-state index in [0.717, 1.165) is 13.1 Å². The predicted octanol–water partition coefficient (Wildman–Crippen LogP) is 1.26. The van der Waals surface area contributed by atoms with E-state index in [1.165, 1.54) is 12.1 Å². The van der Waals surface area contributed by atoms with E-state index in [9.17, 15) is 0 Å². The molecule has 2 heterocycles. The van der Waals surface area contributed by atoms with Crippen LogP contribution in [0.2, 0.25) is 0 Å². The van der Waals surface area contributed by atoms with Crippen LogP contribution in [-0.2, 0) is 0 Å². The standard InChI is InChI=1S/C11H17N3/c1-9-10(8-12)4-7-14(9)11-2-5-13-6-3-11/h2-3,5-6,9-10H,4,7-8,12H2,1H3. The van der Waals surface area contributed by atoms with Crippen LogP contribution in [0.1, 0.15) is 13.3 Å². The van der Waals surface area contributed by atoms with Crippen molar-refractivity contribution in [1.82, 2.24) is 4.98 Å². The van der Waals surface area contributed by atoms with Crippen molar-refractivity contribution in [1.29, 1.82) is 0 Å². The van der Waals surface area contributed by atoms with Crippen molar-refractivity contribution in [3.05, 3.63) is 24.5 Å². The monoisotopic (exact) mass is 191 g/mol. The summed E-state index contributed by atoms with van der Waals surface area (Å²) in [4.78, 5) is 6.45. The van der Waals surface area contributed by atoms with Crippen LogP contribution in [0.25, 0.3) is 0 Å². The van der Waals surface area contributed by atoms with Crippen molar-refractivity contribution in [2.45, 2.75) is 19.4 Å². The maximum atomic E-state index is 5.73. The van der Waals surface area contributed by atoms with Gasteiger partial charge in [0, 0.05) is 30.7 Å². The van der Waals surface area contributed by atoms with Crippen LogP contribution in [-0.4, -0.2) is 24.1 Å². The third kappa shape index (κ3) is 1.60. The SMILES string of the molecule is CC1C(CN)CCN1c1ccncc1. The lowest BCUT2D eigenvalue weighted by atomic mass is 10.0. The molecule has 2 atom stereocenters. The molecule has 0 spiro atoms. The van der Waals surface area contributed by atoms with Crippen molar-refractivity contribution >= 4 is 5.69 Å². The second-order valence-corrected chi connectivity index (χ2v) is 3.92. The Morgan fingerprint density at radius 2 is 2.21 bits per heavy atom. The number of nitrogens with zero attached hydrogens (tertiary/aromatic N) is 2. The first kappa shape index (κ1) is 9.46. The Labute approximate surface area is 84.9 Å². The van der Waals surface area contributed by atoms with Crippen LogP contribution in [0, 0.1) is 5.92 Å². The summed E-state index contributed by atoms with van der Waals surface area (Å²) < 4.78 is 0. The lowest BCUT2D eigenvalue weighted by Gasteiger charge is -2.26. The summed E-state index contributed by atoms with van der Waals surface area (Å²) in [5, 5.41) is 0. The zero-order chi connectivity index (χ0) is 9.97. The Bertz CT molecular complexity index is 286. The highest BCUT2D eigenvalue weighted by atomic mass is 15.2. The molecule has 3 nitrogen and oxygen atoms in total. The average Bonchev–Trinajstić information content (AvgIpc) is 2.61.